The number of benzene rings is 1. The van der Waals surface area contributed by atoms with E-state index in [0.717, 1.165) is 18.4 Å². The molecule has 1 saturated carbocycles. The van der Waals surface area contributed by atoms with Crippen LogP contribution in [-0.2, 0) is 14.4 Å². The van der Waals surface area contributed by atoms with Crippen molar-refractivity contribution in [1.82, 2.24) is 14.7 Å². The normalized spacial score (nSPS) is 20.9. The molecule has 1 aromatic rings. The molecule has 0 aromatic heterocycles. The van der Waals surface area contributed by atoms with Crippen molar-refractivity contribution in [2.45, 2.75) is 25.7 Å². The number of nitrogens with zero attached hydrogens (tertiary/aromatic N) is 3. The van der Waals surface area contributed by atoms with E-state index < -0.39 is 0 Å². The standard InChI is InChI=1S/C23H29N3O3/c27-21(9-6-18-4-2-1-3-5-18)24-12-10-20(11-13-24)23(29)26-16-14-25(15-17-26)22(28)19-7-8-19/h1-6,9,19-20H,7-8,10-17H2/b9-6+. The molecule has 6 heteroatoms. The summed E-state index contributed by atoms with van der Waals surface area (Å²) in [6, 6.07) is 9.77. The van der Waals surface area contributed by atoms with E-state index in [9.17, 15) is 14.4 Å². The average molecular weight is 396 g/mol. The first-order chi connectivity index (χ1) is 14.1. The van der Waals surface area contributed by atoms with Crippen molar-refractivity contribution in [3.05, 3.63) is 42.0 Å². The van der Waals surface area contributed by atoms with Gasteiger partial charge in [-0.1, -0.05) is 30.3 Å². The van der Waals surface area contributed by atoms with Crippen LogP contribution in [0.5, 0.6) is 0 Å². The van der Waals surface area contributed by atoms with Gasteiger partial charge in [0.05, 0.1) is 0 Å². The lowest BCUT2D eigenvalue weighted by atomic mass is 9.95. The van der Waals surface area contributed by atoms with Crippen LogP contribution in [0.25, 0.3) is 6.08 Å². The summed E-state index contributed by atoms with van der Waals surface area (Å²) >= 11 is 0. The third-order valence-electron chi connectivity index (χ3n) is 6.20. The maximum absolute atomic E-state index is 12.9. The van der Waals surface area contributed by atoms with Crippen LogP contribution < -0.4 is 0 Å². The fourth-order valence-electron chi connectivity index (χ4n) is 4.18. The molecule has 3 fully saturated rings. The smallest absolute Gasteiger partial charge is 0.246 e. The first kappa shape index (κ1) is 19.7. The van der Waals surface area contributed by atoms with Crippen LogP contribution in [0, 0.1) is 11.8 Å². The summed E-state index contributed by atoms with van der Waals surface area (Å²) < 4.78 is 0. The molecule has 2 heterocycles. The number of hydrogen-bond acceptors (Lipinski definition) is 3. The zero-order valence-electron chi connectivity index (χ0n) is 16.8. The van der Waals surface area contributed by atoms with E-state index in [1.54, 1.807) is 6.08 Å². The van der Waals surface area contributed by atoms with Crippen LogP contribution in [0.1, 0.15) is 31.2 Å². The molecule has 0 unspecified atom stereocenters. The van der Waals surface area contributed by atoms with Crippen molar-refractivity contribution >= 4 is 23.8 Å². The van der Waals surface area contributed by atoms with Gasteiger partial charge in [0, 0.05) is 57.2 Å². The molecule has 154 valence electrons. The molecule has 29 heavy (non-hydrogen) atoms. The van der Waals surface area contributed by atoms with Gasteiger partial charge < -0.3 is 14.7 Å². The summed E-state index contributed by atoms with van der Waals surface area (Å²) in [5.74, 6) is 0.702. The van der Waals surface area contributed by atoms with Crippen LogP contribution in [0.4, 0.5) is 0 Å². The minimum Gasteiger partial charge on any atom is -0.339 e. The minimum absolute atomic E-state index is 0.00644. The fraction of sp³-hybridized carbons (Fsp3) is 0.522. The van der Waals surface area contributed by atoms with Crippen molar-refractivity contribution in [1.29, 1.82) is 0 Å². The number of likely N-dealkylation sites (tertiary alicyclic amines) is 1. The molecule has 0 atom stereocenters. The van der Waals surface area contributed by atoms with Gasteiger partial charge >= 0.3 is 0 Å². The highest BCUT2D eigenvalue weighted by atomic mass is 16.2. The van der Waals surface area contributed by atoms with Crippen LogP contribution in [0.3, 0.4) is 0 Å². The Morgan fingerprint density at radius 3 is 1.72 bits per heavy atom. The van der Waals surface area contributed by atoms with E-state index in [0.29, 0.717) is 52.1 Å². The Bertz CT molecular complexity index is 772. The second-order valence-electron chi connectivity index (χ2n) is 8.27. The predicted molar refractivity (Wildman–Crippen MR) is 111 cm³/mol. The Kier molecular flexibility index (Phi) is 5.97. The second-order valence-corrected chi connectivity index (χ2v) is 8.27. The van der Waals surface area contributed by atoms with Gasteiger partial charge in [0.2, 0.25) is 17.7 Å². The number of carbonyl (C=O) groups is 3. The summed E-state index contributed by atoms with van der Waals surface area (Å²) in [6.07, 6.45) is 6.93. The van der Waals surface area contributed by atoms with E-state index in [1.807, 2.05) is 51.1 Å². The third-order valence-corrected chi connectivity index (χ3v) is 6.20. The molecule has 6 nitrogen and oxygen atoms in total. The monoisotopic (exact) mass is 395 g/mol. The van der Waals surface area contributed by atoms with Crippen LogP contribution >= 0.6 is 0 Å². The first-order valence-corrected chi connectivity index (χ1v) is 10.7. The summed E-state index contributed by atoms with van der Waals surface area (Å²) in [6.45, 7) is 3.82. The summed E-state index contributed by atoms with van der Waals surface area (Å²) in [7, 11) is 0. The molecule has 3 amide bonds. The lowest BCUT2D eigenvalue weighted by Gasteiger charge is -2.38. The topological polar surface area (TPSA) is 60.9 Å². The third kappa shape index (κ3) is 4.86. The predicted octanol–water partition coefficient (Wildman–Crippen LogP) is 2.02. The lowest BCUT2D eigenvalue weighted by Crippen LogP contribution is -2.53. The lowest BCUT2D eigenvalue weighted by molar-refractivity contribution is -0.144. The van der Waals surface area contributed by atoms with E-state index in [-0.39, 0.29) is 29.6 Å². The van der Waals surface area contributed by atoms with E-state index in [2.05, 4.69) is 0 Å². The molecule has 0 radical (unpaired) electrons. The van der Waals surface area contributed by atoms with Crippen molar-refractivity contribution in [2.75, 3.05) is 39.3 Å². The second kappa shape index (κ2) is 8.80. The SMILES string of the molecule is O=C(/C=C/c1ccccc1)N1CCC(C(=O)N2CCN(C(=O)C3CC3)CC2)CC1. The highest BCUT2D eigenvalue weighted by Gasteiger charge is 2.36. The zero-order chi connectivity index (χ0) is 20.2. The Labute approximate surface area is 172 Å². The summed E-state index contributed by atoms with van der Waals surface area (Å²) in [5, 5.41) is 0. The molecular formula is C23H29N3O3. The van der Waals surface area contributed by atoms with Gasteiger partial charge in [0.15, 0.2) is 0 Å². The highest BCUT2D eigenvalue weighted by Crippen LogP contribution is 2.31. The first-order valence-electron chi connectivity index (χ1n) is 10.7. The van der Waals surface area contributed by atoms with E-state index >= 15 is 0 Å². The van der Waals surface area contributed by atoms with Crippen LogP contribution in [-0.4, -0.2) is 71.7 Å². The molecule has 0 spiro atoms. The number of hydrogen-bond donors (Lipinski definition) is 0. The average Bonchev–Trinajstić information content (AvgIpc) is 3.63. The van der Waals surface area contributed by atoms with Gasteiger partial charge in [-0.05, 0) is 37.3 Å². The number of amides is 3. The highest BCUT2D eigenvalue weighted by molar-refractivity contribution is 5.92. The van der Waals surface area contributed by atoms with Crippen LogP contribution in [0.15, 0.2) is 36.4 Å². The van der Waals surface area contributed by atoms with Gasteiger partial charge in [-0.15, -0.1) is 0 Å². The van der Waals surface area contributed by atoms with Crippen molar-refractivity contribution < 1.29 is 14.4 Å². The Hall–Kier alpha value is -2.63. The molecule has 2 saturated heterocycles. The Morgan fingerprint density at radius 1 is 0.690 bits per heavy atom. The van der Waals surface area contributed by atoms with E-state index in [4.69, 9.17) is 0 Å². The van der Waals surface area contributed by atoms with Crippen molar-refractivity contribution in [3.63, 3.8) is 0 Å². The Morgan fingerprint density at radius 2 is 1.21 bits per heavy atom. The summed E-state index contributed by atoms with van der Waals surface area (Å²) in [4.78, 5) is 43.1. The molecule has 2 aliphatic heterocycles. The van der Waals surface area contributed by atoms with Gasteiger partial charge in [-0.2, -0.15) is 0 Å². The van der Waals surface area contributed by atoms with Crippen LogP contribution in [0.2, 0.25) is 0 Å². The zero-order valence-corrected chi connectivity index (χ0v) is 16.8. The number of piperidine rings is 1. The number of rotatable bonds is 4. The van der Waals surface area contributed by atoms with Gasteiger partial charge in [0.25, 0.3) is 0 Å². The molecule has 0 bridgehead atoms. The van der Waals surface area contributed by atoms with Gasteiger partial charge in [-0.25, -0.2) is 0 Å². The van der Waals surface area contributed by atoms with Crippen molar-refractivity contribution in [3.8, 4) is 0 Å². The maximum Gasteiger partial charge on any atom is 0.246 e. The molecule has 4 rings (SSSR count). The fourth-order valence-corrected chi connectivity index (χ4v) is 4.18. The molecular weight excluding hydrogens is 366 g/mol. The van der Waals surface area contributed by atoms with Gasteiger partial charge in [0.1, 0.15) is 0 Å². The summed E-state index contributed by atoms with van der Waals surface area (Å²) in [5.41, 5.74) is 1.00. The quantitative estimate of drug-likeness (QED) is 0.733. The van der Waals surface area contributed by atoms with Gasteiger partial charge in [-0.3, -0.25) is 14.4 Å². The molecule has 1 aliphatic carbocycles. The number of piperazine rings is 1. The van der Waals surface area contributed by atoms with E-state index in [1.165, 1.54) is 0 Å². The molecule has 1 aromatic carbocycles. The maximum atomic E-state index is 12.9. The van der Waals surface area contributed by atoms with Crippen molar-refractivity contribution in [2.24, 2.45) is 11.8 Å². The molecule has 0 N–H and O–H groups in total. The number of carbonyl (C=O) groups excluding carboxylic acids is 3. The molecule has 3 aliphatic rings. The Balaban J connectivity index is 1.22. The minimum atomic E-state index is -0.0113. The largest absolute Gasteiger partial charge is 0.339 e.